The first-order chi connectivity index (χ1) is 6.95. The number of aliphatic hydroxyl groups excluding tert-OH is 1. The Bertz CT molecular complexity index is 420. The maximum Gasteiger partial charge on any atom is 0.417 e. The van der Waals surface area contributed by atoms with Gasteiger partial charge in [0.1, 0.15) is 11.8 Å². The molecule has 1 aromatic rings. The van der Waals surface area contributed by atoms with Gasteiger partial charge >= 0.3 is 6.18 Å². The Morgan fingerprint density at radius 3 is 2.67 bits per heavy atom. The molecule has 0 fully saturated rings. The molecule has 0 bridgehead atoms. The average molecular weight is 236 g/mol. The van der Waals surface area contributed by atoms with Gasteiger partial charge < -0.3 is 5.11 Å². The zero-order valence-electron chi connectivity index (χ0n) is 7.27. The van der Waals surface area contributed by atoms with Crippen molar-refractivity contribution in [1.29, 1.82) is 0 Å². The van der Waals surface area contributed by atoms with Gasteiger partial charge in [-0.15, -0.1) is 0 Å². The third kappa shape index (κ3) is 3.11. The number of aromatic nitrogens is 1. The van der Waals surface area contributed by atoms with Crippen LogP contribution in [0.3, 0.4) is 0 Å². The molecule has 0 amide bonds. The molecule has 6 heteroatoms. The molecule has 80 valence electrons. The van der Waals surface area contributed by atoms with E-state index in [4.69, 9.17) is 16.7 Å². The maximum atomic E-state index is 12.2. The molecule has 0 aliphatic heterocycles. The van der Waals surface area contributed by atoms with Gasteiger partial charge in [0, 0.05) is 6.20 Å². The fourth-order valence-corrected chi connectivity index (χ4v) is 0.976. The largest absolute Gasteiger partial charge is 0.417 e. The smallest absolute Gasteiger partial charge is 0.384 e. The molecule has 1 heterocycles. The summed E-state index contributed by atoms with van der Waals surface area (Å²) in [6.07, 6.45) is -3.85. The first-order valence-electron chi connectivity index (χ1n) is 3.77. The molecule has 0 spiro atoms. The van der Waals surface area contributed by atoms with Crippen molar-refractivity contribution in [3.63, 3.8) is 0 Å². The van der Waals surface area contributed by atoms with E-state index in [1.165, 1.54) is 0 Å². The van der Waals surface area contributed by atoms with Gasteiger partial charge in [-0.1, -0.05) is 23.4 Å². The number of nitrogens with zero attached hydrogens (tertiary/aromatic N) is 1. The highest BCUT2D eigenvalue weighted by molar-refractivity contribution is 6.30. The topological polar surface area (TPSA) is 33.1 Å². The van der Waals surface area contributed by atoms with Gasteiger partial charge in [-0.05, 0) is 6.07 Å². The van der Waals surface area contributed by atoms with E-state index in [-0.39, 0.29) is 10.7 Å². The van der Waals surface area contributed by atoms with Gasteiger partial charge in [-0.25, -0.2) is 4.98 Å². The molecule has 1 aromatic heterocycles. The normalized spacial score (nSPS) is 10.7. The number of halogens is 4. The zero-order chi connectivity index (χ0) is 11.5. The fraction of sp³-hybridized carbons (Fsp3) is 0.222. The summed E-state index contributed by atoms with van der Waals surface area (Å²) in [5.74, 6) is 4.48. The van der Waals surface area contributed by atoms with E-state index < -0.39 is 18.3 Å². The number of hydrogen-bond donors (Lipinski definition) is 1. The average Bonchev–Trinajstić information content (AvgIpc) is 2.15. The zero-order valence-corrected chi connectivity index (χ0v) is 8.02. The van der Waals surface area contributed by atoms with Crippen molar-refractivity contribution in [3.05, 3.63) is 28.5 Å². The first-order valence-corrected chi connectivity index (χ1v) is 4.15. The van der Waals surface area contributed by atoms with Crippen LogP contribution in [0.25, 0.3) is 0 Å². The van der Waals surface area contributed by atoms with Crippen molar-refractivity contribution in [2.24, 2.45) is 0 Å². The van der Waals surface area contributed by atoms with Crippen LogP contribution in [0.1, 0.15) is 11.1 Å². The van der Waals surface area contributed by atoms with Gasteiger partial charge in [0.2, 0.25) is 0 Å². The van der Waals surface area contributed by atoms with Gasteiger partial charge in [0.15, 0.2) is 0 Å². The molecule has 1 rings (SSSR count). The molecule has 2 nitrogen and oxygen atoms in total. The highest BCUT2D eigenvalue weighted by Crippen LogP contribution is 2.30. The van der Waals surface area contributed by atoms with Crippen molar-refractivity contribution in [2.45, 2.75) is 6.18 Å². The highest BCUT2D eigenvalue weighted by atomic mass is 35.5. The van der Waals surface area contributed by atoms with E-state index >= 15 is 0 Å². The molecule has 0 saturated carbocycles. The number of aliphatic hydroxyl groups is 1. The SMILES string of the molecule is OCC#Cc1cc(C(F)(F)F)cnc1Cl. The summed E-state index contributed by atoms with van der Waals surface area (Å²) in [5.41, 5.74) is -0.977. The summed E-state index contributed by atoms with van der Waals surface area (Å²) in [6.45, 7) is -0.452. The lowest BCUT2D eigenvalue weighted by Gasteiger charge is -2.06. The lowest BCUT2D eigenvalue weighted by Crippen LogP contribution is -2.06. The molecule has 1 N–H and O–H groups in total. The molecular weight excluding hydrogens is 231 g/mol. The van der Waals surface area contributed by atoms with Gasteiger partial charge in [0.25, 0.3) is 0 Å². The molecule has 0 radical (unpaired) electrons. The van der Waals surface area contributed by atoms with Crippen LogP contribution < -0.4 is 0 Å². The molecule has 0 aromatic carbocycles. The van der Waals surface area contributed by atoms with Crippen LogP contribution in [0.5, 0.6) is 0 Å². The molecule has 0 aliphatic carbocycles. The Labute approximate surface area is 88.7 Å². The third-order valence-electron chi connectivity index (χ3n) is 1.47. The Morgan fingerprint density at radius 2 is 2.13 bits per heavy atom. The molecule has 0 aliphatic rings. The van der Waals surface area contributed by atoms with Gasteiger partial charge in [0.05, 0.1) is 11.1 Å². The summed E-state index contributed by atoms with van der Waals surface area (Å²) in [5, 5.41) is 8.27. The van der Waals surface area contributed by atoms with E-state index in [1.54, 1.807) is 0 Å². The number of alkyl halides is 3. The Balaban J connectivity index is 3.17. The molecular formula is C9H5ClF3NO. The van der Waals surface area contributed by atoms with Crippen LogP contribution in [0, 0.1) is 11.8 Å². The van der Waals surface area contributed by atoms with Crippen molar-refractivity contribution < 1.29 is 18.3 Å². The Kier molecular flexibility index (Phi) is 3.56. The van der Waals surface area contributed by atoms with Crippen LogP contribution in [0.2, 0.25) is 5.15 Å². The van der Waals surface area contributed by atoms with Crippen LogP contribution in [-0.4, -0.2) is 16.7 Å². The standard InChI is InChI=1S/C9H5ClF3NO/c10-8-6(2-1-3-15)4-7(5-14-8)9(11,12)13/h4-5,15H,3H2. The molecule has 0 unspecified atom stereocenters. The minimum atomic E-state index is -4.48. The van der Waals surface area contributed by atoms with Crippen LogP contribution >= 0.6 is 11.6 Å². The molecule has 15 heavy (non-hydrogen) atoms. The minimum Gasteiger partial charge on any atom is -0.384 e. The van der Waals surface area contributed by atoms with E-state index in [2.05, 4.69) is 16.8 Å². The maximum absolute atomic E-state index is 12.2. The van der Waals surface area contributed by atoms with Crippen LogP contribution in [0.15, 0.2) is 12.3 Å². The second-order valence-electron chi connectivity index (χ2n) is 2.52. The fourth-order valence-electron chi connectivity index (χ4n) is 0.826. The monoisotopic (exact) mass is 235 g/mol. The van der Waals surface area contributed by atoms with E-state index in [0.717, 1.165) is 6.07 Å². The van der Waals surface area contributed by atoms with Crippen molar-refractivity contribution in [1.82, 2.24) is 4.98 Å². The van der Waals surface area contributed by atoms with Gasteiger partial charge in [-0.2, -0.15) is 13.2 Å². The summed E-state index contributed by atoms with van der Waals surface area (Å²) in [7, 11) is 0. The van der Waals surface area contributed by atoms with E-state index in [0.29, 0.717) is 6.20 Å². The molecule has 0 saturated heterocycles. The van der Waals surface area contributed by atoms with Crippen molar-refractivity contribution in [3.8, 4) is 11.8 Å². The summed E-state index contributed by atoms with van der Waals surface area (Å²) < 4.78 is 36.7. The first kappa shape index (κ1) is 11.8. The van der Waals surface area contributed by atoms with Crippen LogP contribution in [0.4, 0.5) is 13.2 Å². The second-order valence-corrected chi connectivity index (χ2v) is 2.88. The quantitative estimate of drug-likeness (QED) is 0.552. The highest BCUT2D eigenvalue weighted by Gasteiger charge is 2.31. The molecule has 0 atom stereocenters. The summed E-state index contributed by atoms with van der Waals surface area (Å²) in [6, 6.07) is 0.790. The Hall–Kier alpha value is -1.25. The number of rotatable bonds is 0. The lowest BCUT2D eigenvalue weighted by molar-refractivity contribution is -0.137. The van der Waals surface area contributed by atoms with Crippen molar-refractivity contribution in [2.75, 3.05) is 6.61 Å². The lowest BCUT2D eigenvalue weighted by atomic mass is 10.2. The van der Waals surface area contributed by atoms with E-state index in [9.17, 15) is 13.2 Å². The predicted molar refractivity (Wildman–Crippen MR) is 48.2 cm³/mol. The summed E-state index contributed by atoms with van der Waals surface area (Å²) in [4.78, 5) is 3.36. The minimum absolute atomic E-state index is 0.0551. The second kappa shape index (κ2) is 4.51. The number of hydrogen-bond acceptors (Lipinski definition) is 2. The van der Waals surface area contributed by atoms with Gasteiger partial charge in [-0.3, -0.25) is 0 Å². The number of pyridine rings is 1. The predicted octanol–water partition coefficient (Wildman–Crippen LogP) is 2.10. The summed E-state index contributed by atoms with van der Waals surface area (Å²) >= 11 is 5.52. The third-order valence-corrected chi connectivity index (χ3v) is 1.77. The van der Waals surface area contributed by atoms with Crippen molar-refractivity contribution >= 4 is 11.6 Å². The Morgan fingerprint density at radius 1 is 1.47 bits per heavy atom. The van der Waals surface area contributed by atoms with E-state index in [1.807, 2.05) is 0 Å². The van der Waals surface area contributed by atoms with Crippen LogP contribution in [-0.2, 0) is 6.18 Å².